The van der Waals surface area contributed by atoms with Gasteiger partial charge in [0.1, 0.15) is 0 Å². The van der Waals surface area contributed by atoms with E-state index in [1.54, 1.807) is 0 Å². The summed E-state index contributed by atoms with van der Waals surface area (Å²) >= 11 is 0. The highest BCUT2D eigenvalue weighted by atomic mass is 15.3. The number of allylic oxidation sites excluding steroid dienone is 1. The highest BCUT2D eigenvalue weighted by Crippen LogP contribution is 2.43. The Morgan fingerprint density at radius 1 is 0.650 bits per heavy atom. The first-order valence-corrected chi connectivity index (χ1v) is 16.8. The van der Waals surface area contributed by atoms with Gasteiger partial charge in [-0.25, -0.2) is 0 Å². The zero-order valence-electron chi connectivity index (χ0n) is 27.4. The molecule has 0 aliphatic carbocycles. The van der Waals surface area contributed by atoms with Gasteiger partial charge in [0.2, 0.25) is 0 Å². The van der Waals surface area contributed by atoms with Crippen LogP contribution in [0.4, 0.5) is 0 Å². The molecule has 0 spiro atoms. The molecular weight excluding hydrogens is 490 g/mol. The van der Waals surface area contributed by atoms with Gasteiger partial charge in [0.05, 0.1) is 0 Å². The second-order valence-corrected chi connectivity index (χ2v) is 15.1. The maximum Gasteiger partial charge on any atom is 0.0233 e. The minimum Gasteiger partial charge on any atom is -0.306 e. The molecule has 5 heteroatoms. The van der Waals surface area contributed by atoms with E-state index in [0.29, 0.717) is 6.04 Å². The standard InChI is InChI=1S/C35H63N5/c1-35(2,3)20-10-8-9-11-33(34(29-12-21-36(4)22-13-29)30-14-23-37(5)24-15-30)40(31-16-25-38(6)26-17-31)32-18-27-39(7)28-19-32/h8-9,29-34H,11-19,21-28H2,1-7H3/b9-8+. The Bertz CT molecular complexity index is 728. The van der Waals surface area contributed by atoms with Crippen molar-refractivity contribution in [2.75, 3.05) is 80.5 Å². The average molecular weight is 554 g/mol. The van der Waals surface area contributed by atoms with Gasteiger partial charge in [-0.1, -0.05) is 17.9 Å². The topological polar surface area (TPSA) is 16.2 Å². The van der Waals surface area contributed by atoms with Crippen molar-refractivity contribution in [3.05, 3.63) is 12.2 Å². The molecular formula is C35H63N5. The van der Waals surface area contributed by atoms with Crippen LogP contribution in [-0.4, -0.2) is 123 Å². The number of rotatable bonds is 8. The fourth-order valence-electron chi connectivity index (χ4n) is 8.27. The number of piperidine rings is 4. The molecule has 4 heterocycles. The third-order valence-corrected chi connectivity index (χ3v) is 10.7. The monoisotopic (exact) mass is 554 g/mol. The van der Waals surface area contributed by atoms with Crippen molar-refractivity contribution in [1.29, 1.82) is 0 Å². The molecule has 4 aliphatic rings. The summed E-state index contributed by atoms with van der Waals surface area (Å²) in [6.07, 6.45) is 16.7. The molecule has 0 aromatic rings. The van der Waals surface area contributed by atoms with Gasteiger partial charge in [-0.15, -0.1) is 0 Å². The summed E-state index contributed by atoms with van der Waals surface area (Å²) in [5.41, 5.74) is 0.0583. The van der Waals surface area contributed by atoms with E-state index in [1.807, 2.05) is 0 Å². The maximum absolute atomic E-state index is 3.45. The summed E-state index contributed by atoms with van der Waals surface area (Å²) in [5, 5.41) is 0. The number of likely N-dealkylation sites (tertiary alicyclic amines) is 4. The van der Waals surface area contributed by atoms with E-state index in [1.165, 1.54) is 110 Å². The van der Waals surface area contributed by atoms with Crippen LogP contribution in [0.25, 0.3) is 0 Å². The van der Waals surface area contributed by atoms with E-state index in [0.717, 1.165) is 29.8 Å². The molecule has 4 aliphatic heterocycles. The lowest BCUT2D eigenvalue weighted by atomic mass is 9.67. The molecule has 0 bridgehead atoms. The number of nitrogens with zero attached hydrogens (tertiary/aromatic N) is 5. The van der Waals surface area contributed by atoms with Gasteiger partial charge >= 0.3 is 0 Å². The van der Waals surface area contributed by atoms with Gasteiger partial charge in [-0.3, -0.25) is 4.90 Å². The summed E-state index contributed by atoms with van der Waals surface area (Å²) in [6, 6.07) is 2.09. The highest BCUT2D eigenvalue weighted by Gasteiger charge is 2.44. The van der Waals surface area contributed by atoms with Crippen LogP contribution in [-0.2, 0) is 0 Å². The predicted molar refractivity (Wildman–Crippen MR) is 172 cm³/mol. The third kappa shape index (κ3) is 9.30. The van der Waals surface area contributed by atoms with Crippen molar-refractivity contribution in [3.63, 3.8) is 0 Å². The van der Waals surface area contributed by atoms with E-state index >= 15 is 0 Å². The highest BCUT2D eigenvalue weighted by molar-refractivity contribution is 5.19. The Morgan fingerprint density at radius 3 is 1.40 bits per heavy atom. The van der Waals surface area contributed by atoms with Crippen molar-refractivity contribution in [2.45, 2.75) is 96.7 Å². The number of hydrogen-bond acceptors (Lipinski definition) is 5. The molecule has 40 heavy (non-hydrogen) atoms. The number of hydrogen-bond donors (Lipinski definition) is 0. The van der Waals surface area contributed by atoms with Crippen molar-refractivity contribution in [2.24, 2.45) is 23.2 Å². The lowest BCUT2D eigenvalue weighted by molar-refractivity contribution is -0.0446. The Balaban J connectivity index is 1.70. The summed E-state index contributed by atoms with van der Waals surface area (Å²) in [5.74, 6) is 9.37. The Kier molecular flexibility index (Phi) is 12.0. The normalized spacial score (nSPS) is 26.1. The Labute approximate surface area is 248 Å². The molecule has 5 nitrogen and oxygen atoms in total. The molecule has 0 aromatic carbocycles. The second-order valence-electron chi connectivity index (χ2n) is 15.1. The fourth-order valence-corrected chi connectivity index (χ4v) is 8.27. The van der Waals surface area contributed by atoms with Gasteiger partial charge in [-0.05, 0) is 183 Å². The van der Waals surface area contributed by atoms with E-state index < -0.39 is 0 Å². The van der Waals surface area contributed by atoms with E-state index in [-0.39, 0.29) is 5.41 Å². The van der Waals surface area contributed by atoms with E-state index in [9.17, 15) is 0 Å². The second kappa shape index (κ2) is 15.0. The zero-order valence-corrected chi connectivity index (χ0v) is 27.4. The smallest absolute Gasteiger partial charge is 0.0233 e. The van der Waals surface area contributed by atoms with Crippen LogP contribution in [0, 0.1) is 35.0 Å². The van der Waals surface area contributed by atoms with Crippen molar-refractivity contribution in [1.82, 2.24) is 24.5 Å². The van der Waals surface area contributed by atoms with Crippen LogP contribution in [0.3, 0.4) is 0 Å². The van der Waals surface area contributed by atoms with Gasteiger partial charge in [0, 0.05) is 23.5 Å². The lowest BCUT2D eigenvalue weighted by Crippen LogP contribution is -2.59. The van der Waals surface area contributed by atoms with Crippen molar-refractivity contribution >= 4 is 0 Å². The van der Waals surface area contributed by atoms with Crippen LogP contribution in [0.5, 0.6) is 0 Å². The van der Waals surface area contributed by atoms with E-state index in [2.05, 4.69) is 97.5 Å². The molecule has 228 valence electrons. The molecule has 0 aromatic heterocycles. The molecule has 4 rings (SSSR count). The van der Waals surface area contributed by atoms with E-state index in [4.69, 9.17) is 0 Å². The molecule has 0 amide bonds. The van der Waals surface area contributed by atoms with Gasteiger partial charge in [0.15, 0.2) is 0 Å². The molecule has 1 atom stereocenters. The molecule has 0 saturated carbocycles. The third-order valence-electron chi connectivity index (χ3n) is 10.7. The molecule has 0 N–H and O–H groups in total. The summed E-state index contributed by atoms with van der Waals surface area (Å²) in [6.45, 7) is 16.7. The zero-order chi connectivity index (χ0) is 28.7. The largest absolute Gasteiger partial charge is 0.306 e. The van der Waals surface area contributed by atoms with Crippen LogP contribution in [0.1, 0.15) is 78.6 Å². The average Bonchev–Trinajstić information content (AvgIpc) is 2.92. The Morgan fingerprint density at radius 2 is 1.02 bits per heavy atom. The molecule has 0 radical (unpaired) electrons. The van der Waals surface area contributed by atoms with Gasteiger partial charge in [0.25, 0.3) is 0 Å². The lowest BCUT2D eigenvalue weighted by Gasteiger charge is -2.54. The van der Waals surface area contributed by atoms with Crippen LogP contribution in [0.15, 0.2) is 12.2 Å². The van der Waals surface area contributed by atoms with Gasteiger partial charge in [-0.2, -0.15) is 0 Å². The first-order valence-electron chi connectivity index (χ1n) is 16.8. The molecule has 1 unspecified atom stereocenters. The first-order chi connectivity index (χ1) is 19.1. The fraction of sp³-hybridized carbons (Fsp3) is 0.886. The molecule has 4 fully saturated rings. The first kappa shape index (κ1) is 32.0. The predicted octanol–water partition coefficient (Wildman–Crippen LogP) is 5.14. The summed E-state index contributed by atoms with van der Waals surface area (Å²) < 4.78 is 0. The van der Waals surface area contributed by atoms with Crippen molar-refractivity contribution < 1.29 is 0 Å². The SMILES string of the molecule is CN1CCC(C(C2CCN(C)CC2)C(C/C=C/C#CC(C)(C)C)N(C2CCN(C)CC2)C2CCN(C)CC2)CC1. The van der Waals surface area contributed by atoms with Crippen molar-refractivity contribution in [3.8, 4) is 11.8 Å². The summed E-state index contributed by atoms with van der Waals surface area (Å²) in [7, 11) is 9.31. The van der Waals surface area contributed by atoms with Crippen LogP contribution >= 0.6 is 0 Å². The maximum atomic E-state index is 3.45. The summed E-state index contributed by atoms with van der Waals surface area (Å²) in [4.78, 5) is 13.5. The minimum atomic E-state index is 0.0583. The van der Waals surface area contributed by atoms with Gasteiger partial charge < -0.3 is 19.6 Å². The minimum absolute atomic E-state index is 0.0583. The van der Waals surface area contributed by atoms with Crippen LogP contribution < -0.4 is 0 Å². The molecule has 4 saturated heterocycles. The Hall–Kier alpha value is -0.900. The van der Waals surface area contributed by atoms with Crippen LogP contribution in [0.2, 0.25) is 0 Å². The quantitative estimate of drug-likeness (QED) is 0.386.